The highest BCUT2D eigenvalue weighted by Gasteiger charge is 2.20. The SMILES string of the molecule is COc1cc(NC(=O)C(=O)c2c[nH]c3ccccc23)ncn1. The van der Waals surface area contributed by atoms with Crippen LogP contribution in [0, 0.1) is 0 Å². The van der Waals surface area contributed by atoms with Gasteiger partial charge < -0.3 is 15.0 Å². The second kappa shape index (κ2) is 5.65. The Morgan fingerprint density at radius 3 is 2.86 bits per heavy atom. The summed E-state index contributed by atoms with van der Waals surface area (Å²) in [5.41, 5.74) is 1.11. The molecule has 0 fully saturated rings. The number of para-hydroxylation sites is 1. The molecule has 0 radical (unpaired) electrons. The van der Waals surface area contributed by atoms with Gasteiger partial charge in [0, 0.05) is 23.2 Å². The molecule has 0 bridgehead atoms. The average Bonchev–Trinajstić information content (AvgIpc) is 2.98. The number of Topliss-reactive ketones (excluding diaryl/α,β-unsaturated/α-hetero) is 1. The normalized spacial score (nSPS) is 10.4. The minimum Gasteiger partial charge on any atom is -0.481 e. The van der Waals surface area contributed by atoms with Gasteiger partial charge in [-0.3, -0.25) is 9.59 Å². The van der Waals surface area contributed by atoms with Crippen molar-refractivity contribution in [3.63, 3.8) is 0 Å². The van der Waals surface area contributed by atoms with Crippen LogP contribution in [0.1, 0.15) is 10.4 Å². The number of hydrogen-bond acceptors (Lipinski definition) is 5. The summed E-state index contributed by atoms with van der Waals surface area (Å²) in [4.78, 5) is 35.0. The summed E-state index contributed by atoms with van der Waals surface area (Å²) < 4.78 is 4.93. The molecule has 0 saturated carbocycles. The van der Waals surface area contributed by atoms with Crippen molar-refractivity contribution in [1.82, 2.24) is 15.0 Å². The van der Waals surface area contributed by atoms with Crippen LogP contribution in [-0.4, -0.2) is 33.8 Å². The maximum Gasteiger partial charge on any atom is 0.298 e. The van der Waals surface area contributed by atoms with Crippen LogP contribution in [0.25, 0.3) is 10.9 Å². The van der Waals surface area contributed by atoms with Crippen LogP contribution < -0.4 is 10.1 Å². The Morgan fingerprint density at radius 1 is 1.23 bits per heavy atom. The quantitative estimate of drug-likeness (QED) is 0.565. The first kappa shape index (κ1) is 13.7. The van der Waals surface area contributed by atoms with Crippen LogP contribution >= 0.6 is 0 Å². The van der Waals surface area contributed by atoms with Gasteiger partial charge in [-0.2, -0.15) is 0 Å². The van der Waals surface area contributed by atoms with Crippen LogP contribution in [0.2, 0.25) is 0 Å². The molecule has 22 heavy (non-hydrogen) atoms. The number of aromatic nitrogens is 3. The van der Waals surface area contributed by atoms with Crippen molar-refractivity contribution in [3.8, 4) is 5.88 Å². The minimum absolute atomic E-state index is 0.199. The zero-order chi connectivity index (χ0) is 15.5. The molecule has 3 rings (SSSR count). The third-order valence-corrected chi connectivity index (χ3v) is 3.13. The van der Waals surface area contributed by atoms with Crippen molar-refractivity contribution in [2.75, 3.05) is 12.4 Å². The predicted octanol–water partition coefficient (Wildman–Crippen LogP) is 1.79. The number of hydrogen-bond donors (Lipinski definition) is 2. The number of nitrogens with zero attached hydrogens (tertiary/aromatic N) is 2. The minimum atomic E-state index is -0.773. The number of benzene rings is 1. The van der Waals surface area contributed by atoms with Gasteiger partial charge in [-0.15, -0.1) is 0 Å². The maximum absolute atomic E-state index is 12.3. The Labute approximate surface area is 125 Å². The fraction of sp³-hybridized carbons (Fsp3) is 0.0667. The number of nitrogens with one attached hydrogen (secondary N) is 2. The molecular formula is C15H12N4O3. The largest absolute Gasteiger partial charge is 0.481 e. The van der Waals surface area contributed by atoms with E-state index in [4.69, 9.17) is 4.74 Å². The Balaban J connectivity index is 1.84. The molecule has 0 spiro atoms. The zero-order valence-electron chi connectivity index (χ0n) is 11.7. The van der Waals surface area contributed by atoms with Crippen LogP contribution in [0.4, 0.5) is 5.82 Å². The highest BCUT2D eigenvalue weighted by molar-refractivity contribution is 6.48. The molecule has 1 amide bonds. The van der Waals surface area contributed by atoms with Gasteiger partial charge >= 0.3 is 0 Å². The third kappa shape index (κ3) is 2.51. The number of anilines is 1. The Bertz CT molecular complexity index is 857. The number of carbonyl (C=O) groups excluding carboxylic acids is 2. The second-order valence-corrected chi connectivity index (χ2v) is 4.48. The summed E-state index contributed by atoms with van der Waals surface area (Å²) in [6, 6.07) is 8.69. The summed E-state index contributed by atoms with van der Waals surface area (Å²) in [7, 11) is 1.45. The van der Waals surface area contributed by atoms with Crippen molar-refractivity contribution in [2.24, 2.45) is 0 Å². The van der Waals surface area contributed by atoms with E-state index in [0.29, 0.717) is 16.8 Å². The number of aromatic amines is 1. The van der Waals surface area contributed by atoms with Crippen LogP contribution in [-0.2, 0) is 4.79 Å². The van der Waals surface area contributed by atoms with Gasteiger partial charge in [-0.05, 0) is 6.07 Å². The molecule has 0 atom stereocenters. The number of methoxy groups -OCH3 is 1. The molecule has 2 heterocycles. The van der Waals surface area contributed by atoms with Crippen molar-refractivity contribution in [2.45, 2.75) is 0 Å². The number of ketones is 1. The first-order chi connectivity index (χ1) is 10.7. The molecule has 0 aliphatic carbocycles. The lowest BCUT2D eigenvalue weighted by atomic mass is 10.1. The van der Waals surface area contributed by atoms with E-state index in [0.717, 1.165) is 5.52 Å². The first-order valence-electron chi connectivity index (χ1n) is 6.47. The number of rotatable bonds is 4. The second-order valence-electron chi connectivity index (χ2n) is 4.48. The lowest BCUT2D eigenvalue weighted by Crippen LogP contribution is -2.23. The average molecular weight is 296 g/mol. The van der Waals surface area contributed by atoms with E-state index in [1.165, 1.54) is 25.7 Å². The van der Waals surface area contributed by atoms with Gasteiger partial charge in [0.05, 0.1) is 12.7 Å². The molecule has 7 nitrogen and oxygen atoms in total. The van der Waals surface area contributed by atoms with E-state index in [-0.39, 0.29) is 5.82 Å². The summed E-state index contributed by atoms with van der Waals surface area (Å²) in [5.74, 6) is -0.921. The summed E-state index contributed by atoms with van der Waals surface area (Å²) in [5, 5.41) is 3.13. The van der Waals surface area contributed by atoms with Crippen molar-refractivity contribution < 1.29 is 14.3 Å². The lowest BCUT2D eigenvalue weighted by Gasteiger charge is -2.04. The van der Waals surface area contributed by atoms with Gasteiger partial charge in [0.2, 0.25) is 5.88 Å². The van der Waals surface area contributed by atoms with Crippen LogP contribution in [0.3, 0.4) is 0 Å². The van der Waals surface area contributed by atoms with E-state index in [9.17, 15) is 9.59 Å². The topological polar surface area (TPSA) is 97.0 Å². The molecular weight excluding hydrogens is 284 g/mol. The van der Waals surface area contributed by atoms with Gasteiger partial charge in [-0.25, -0.2) is 9.97 Å². The van der Waals surface area contributed by atoms with E-state index in [1.54, 1.807) is 12.1 Å². The summed E-state index contributed by atoms with van der Waals surface area (Å²) in [6.07, 6.45) is 2.76. The highest BCUT2D eigenvalue weighted by atomic mass is 16.5. The molecule has 0 saturated heterocycles. The lowest BCUT2D eigenvalue weighted by molar-refractivity contribution is -0.112. The summed E-state index contributed by atoms with van der Waals surface area (Å²) in [6.45, 7) is 0. The van der Waals surface area contributed by atoms with Crippen LogP contribution in [0.15, 0.2) is 42.9 Å². The van der Waals surface area contributed by atoms with Gasteiger partial charge in [0.15, 0.2) is 0 Å². The van der Waals surface area contributed by atoms with E-state index in [1.807, 2.05) is 12.1 Å². The first-order valence-corrected chi connectivity index (χ1v) is 6.47. The molecule has 0 unspecified atom stereocenters. The number of carbonyl (C=O) groups is 2. The molecule has 1 aromatic carbocycles. The number of fused-ring (bicyclic) bond motifs is 1. The van der Waals surface area contributed by atoms with Crippen molar-refractivity contribution in [1.29, 1.82) is 0 Å². The maximum atomic E-state index is 12.3. The summed E-state index contributed by atoms with van der Waals surface area (Å²) >= 11 is 0. The molecule has 2 N–H and O–H groups in total. The molecule has 0 aliphatic heterocycles. The molecule has 3 aromatic rings. The molecule has 2 aromatic heterocycles. The number of amides is 1. The van der Waals surface area contributed by atoms with Crippen molar-refractivity contribution >= 4 is 28.4 Å². The molecule has 7 heteroatoms. The highest BCUT2D eigenvalue weighted by Crippen LogP contribution is 2.19. The van der Waals surface area contributed by atoms with Crippen LogP contribution in [0.5, 0.6) is 5.88 Å². The monoisotopic (exact) mass is 296 g/mol. The van der Waals surface area contributed by atoms with E-state index < -0.39 is 11.7 Å². The van der Waals surface area contributed by atoms with E-state index >= 15 is 0 Å². The zero-order valence-corrected chi connectivity index (χ0v) is 11.7. The molecule has 0 aliphatic rings. The number of ether oxygens (including phenoxy) is 1. The fourth-order valence-corrected chi connectivity index (χ4v) is 2.07. The predicted molar refractivity (Wildman–Crippen MR) is 79.8 cm³/mol. The van der Waals surface area contributed by atoms with Gasteiger partial charge in [-0.1, -0.05) is 18.2 Å². The number of H-pyrrole nitrogens is 1. The Kier molecular flexibility index (Phi) is 3.53. The van der Waals surface area contributed by atoms with Crippen molar-refractivity contribution in [3.05, 3.63) is 48.4 Å². The Morgan fingerprint density at radius 2 is 2.05 bits per heavy atom. The standard InChI is InChI=1S/C15H12N4O3/c1-22-13-6-12(17-8-18-13)19-15(21)14(20)10-7-16-11-5-3-2-4-9(10)11/h2-8,16H,1H3,(H,17,18,19,21). The smallest absolute Gasteiger partial charge is 0.298 e. The van der Waals surface area contributed by atoms with Gasteiger partial charge in [0.1, 0.15) is 12.1 Å². The molecule has 110 valence electrons. The fourth-order valence-electron chi connectivity index (χ4n) is 2.07. The van der Waals surface area contributed by atoms with Gasteiger partial charge in [0.25, 0.3) is 11.7 Å². The third-order valence-electron chi connectivity index (χ3n) is 3.13. The van der Waals surface area contributed by atoms with E-state index in [2.05, 4.69) is 20.3 Å². The Hall–Kier alpha value is -3.22.